The Bertz CT molecular complexity index is 562. The molecule has 0 radical (unpaired) electrons. The van der Waals surface area contributed by atoms with Crippen LogP contribution in [0, 0.1) is 3.57 Å². The molecule has 0 unspecified atom stereocenters. The molecule has 0 saturated carbocycles. The summed E-state index contributed by atoms with van der Waals surface area (Å²) in [5.41, 5.74) is 3.48. The van der Waals surface area contributed by atoms with E-state index in [1.54, 1.807) is 0 Å². The molecule has 100 valence electrons. The van der Waals surface area contributed by atoms with Crippen LogP contribution in [0.5, 0.6) is 11.6 Å². The van der Waals surface area contributed by atoms with Crippen molar-refractivity contribution < 1.29 is 4.74 Å². The third kappa shape index (κ3) is 3.54. The van der Waals surface area contributed by atoms with Gasteiger partial charge in [-0.05, 0) is 47.2 Å². The fourth-order valence-corrected chi connectivity index (χ4v) is 2.24. The SMILES string of the molecule is CCCc1c(NN)ncnc1Oc1cccc(I)c1. The summed E-state index contributed by atoms with van der Waals surface area (Å²) >= 11 is 2.24. The lowest BCUT2D eigenvalue weighted by atomic mass is 10.2. The van der Waals surface area contributed by atoms with Crippen LogP contribution < -0.4 is 16.0 Å². The summed E-state index contributed by atoms with van der Waals surface area (Å²) in [4.78, 5) is 8.31. The van der Waals surface area contributed by atoms with Gasteiger partial charge in [-0.25, -0.2) is 15.8 Å². The number of nitrogens with zero attached hydrogens (tertiary/aromatic N) is 2. The van der Waals surface area contributed by atoms with Gasteiger partial charge in [-0.1, -0.05) is 19.4 Å². The van der Waals surface area contributed by atoms with Crippen LogP contribution in [0.25, 0.3) is 0 Å². The van der Waals surface area contributed by atoms with Gasteiger partial charge in [0.25, 0.3) is 0 Å². The average Bonchev–Trinajstić information content (AvgIpc) is 2.41. The second kappa shape index (κ2) is 6.67. The third-order valence-corrected chi connectivity index (χ3v) is 3.22. The highest BCUT2D eigenvalue weighted by atomic mass is 127. The molecule has 0 amide bonds. The summed E-state index contributed by atoms with van der Waals surface area (Å²) in [6.45, 7) is 2.09. The van der Waals surface area contributed by atoms with Gasteiger partial charge < -0.3 is 10.2 Å². The summed E-state index contributed by atoms with van der Waals surface area (Å²) in [6.07, 6.45) is 3.21. The first-order valence-electron chi connectivity index (χ1n) is 5.98. The van der Waals surface area contributed by atoms with Gasteiger partial charge >= 0.3 is 0 Å². The molecule has 0 aliphatic carbocycles. The van der Waals surface area contributed by atoms with Crippen molar-refractivity contribution in [2.75, 3.05) is 5.43 Å². The number of hydrogen-bond acceptors (Lipinski definition) is 5. The van der Waals surface area contributed by atoms with E-state index < -0.39 is 0 Å². The van der Waals surface area contributed by atoms with E-state index in [4.69, 9.17) is 10.6 Å². The fourth-order valence-electron chi connectivity index (χ4n) is 1.73. The molecule has 0 spiro atoms. The maximum Gasteiger partial charge on any atom is 0.227 e. The van der Waals surface area contributed by atoms with Crippen molar-refractivity contribution in [3.63, 3.8) is 0 Å². The molecular formula is C13H15IN4O. The monoisotopic (exact) mass is 370 g/mol. The zero-order chi connectivity index (χ0) is 13.7. The van der Waals surface area contributed by atoms with Gasteiger partial charge in [-0.2, -0.15) is 0 Å². The standard InChI is InChI=1S/C13H15IN4O/c1-2-4-11-12(18-15)16-8-17-13(11)19-10-6-3-5-9(14)7-10/h3,5-8H,2,4,15H2,1H3,(H,16,17,18). The average molecular weight is 370 g/mol. The van der Waals surface area contributed by atoms with E-state index in [1.807, 2.05) is 24.3 Å². The van der Waals surface area contributed by atoms with Crippen molar-refractivity contribution >= 4 is 28.4 Å². The molecule has 1 aromatic heterocycles. The number of rotatable bonds is 5. The number of hydrazine groups is 1. The number of anilines is 1. The third-order valence-electron chi connectivity index (χ3n) is 2.55. The Kier molecular flexibility index (Phi) is 4.92. The van der Waals surface area contributed by atoms with Gasteiger partial charge in [-0.3, -0.25) is 0 Å². The highest BCUT2D eigenvalue weighted by molar-refractivity contribution is 14.1. The molecule has 1 heterocycles. The van der Waals surface area contributed by atoms with Gasteiger partial charge in [-0.15, -0.1) is 0 Å². The van der Waals surface area contributed by atoms with E-state index in [2.05, 4.69) is 44.9 Å². The molecular weight excluding hydrogens is 355 g/mol. The summed E-state index contributed by atoms with van der Waals surface area (Å²) in [5, 5.41) is 0. The number of aromatic nitrogens is 2. The number of ether oxygens (including phenoxy) is 1. The number of nitrogen functional groups attached to an aromatic ring is 1. The Morgan fingerprint density at radius 2 is 2.21 bits per heavy atom. The minimum atomic E-state index is 0.548. The molecule has 0 aliphatic heterocycles. The van der Waals surface area contributed by atoms with Crippen LogP contribution in [0.3, 0.4) is 0 Å². The van der Waals surface area contributed by atoms with Gasteiger partial charge in [0.05, 0.1) is 5.56 Å². The van der Waals surface area contributed by atoms with E-state index in [-0.39, 0.29) is 0 Å². The van der Waals surface area contributed by atoms with E-state index in [0.29, 0.717) is 11.7 Å². The first-order valence-corrected chi connectivity index (χ1v) is 7.06. The second-order valence-electron chi connectivity index (χ2n) is 3.96. The Hall–Kier alpha value is -1.41. The lowest BCUT2D eigenvalue weighted by Crippen LogP contribution is -2.12. The van der Waals surface area contributed by atoms with Crippen LogP contribution in [-0.4, -0.2) is 9.97 Å². The van der Waals surface area contributed by atoms with Crippen molar-refractivity contribution in [1.82, 2.24) is 9.97 Å². The summed E-state index contributed by atoms with van der Waals surface area (Å²) in [6, 6.07) is 7.80. The number of nitrogens with one attached hydrogen (secondary N) is 1. The van der Waals surface area contributed by atoms with Crippen molar-refractivity contribution in [1.29, 1.82) is 0 Å². The van der Waals surface area contributed by atoms with E-state index >= 15 is 0 Å². The molecule has 0 fully saturated rings. The van der Waals surface area contributed by atoms with Crippen molar-refractivity contribution in [2.24, 2.45) is 5.84 Å². The largest absolute Gasteiger partial charge is 0.439 e. The van der Waals surface area contributed by atoms with Crippen LogP contribution in [-0.2, 0) is 6.42 Å². The van der Waals surface area contributed by atoms with E-state index in [0.717, 1.165) is 27.7 Å². The fraction of sp³-hybridized carbons (Fsp3) is 0.231. The van der Waals surface area contributed by atoms with Crippen molar-refractivity contribution in [3.8, 4) is 11.6 Å². The van der Waals surface area contributed by atoms with Crippen LogP contribution in [0.1, 0.15) is 18.9 Å². The Balaban J connectivity index is 2.33. The quantitative estimate of drug-likeness (QED) is 0.481. The topological polar surface area (TPSA) is 73.1 Å². The smallest absolute Gasteiger partial charge is 0.227 e. The maximum atomic E-state index is 5.83. The zero-order valence-electron chi connectivity index (χ0n) is 10.6. The number of nitrogens with two attached hydrogens (primary N) is 1. The molecule has 19 heavy (non-hydrogen) atoms. The number of hydrogen-bond donors (Lipinski definition) is 2. The summed E-state index contributed by atoms with van der Waals surface area (Å²) in [7, 11) is 0. The maximum absolute atomic E-state index is 5.83. The zero-order valence-corrected chi connectivity index (χ0v) is 12.7. The Morgan fingerprint density at radius 1 is 1.37 bits per heavy atom. The predicted molar refractivity (Wildman–Crippen MR) is 83.1 cm³/mol. The highest BCUT2D eigenvalue weighted by Crippen LogP contribution is 2.28. The first-order chi connectivity index (χ1) is 9.24. The number of benzene rings is 1. The minimum Gasteiger partial charge on any atom is -0.439 e. The molecule has 6 heteroatoms. The Labute approximate surface area is 125 Å². The highest BCUT2D eigenvalue weighted by Gasteiger charge is 2.12. The van der Waals surface area contributed by atoms with Crippen LogP contribution in [0.15, 0.2) is 30.6 Å². The van der Waals surface area contributed by atoms with Crippen LogP contribution >= 0.6 is 22.6 Å². The van der Waals surface area contributed by atoms with Gasteiger partial charge in [0.15, 0.2) is 0 Å². The summed E-state index contributed by atoms with van der Waals surface area (Å²) < 4.78 is 6.94. The molecule has 2 aromatic rings. The molecule has 2 rings (SSSR count). The van der Waals surface area contributed by atoms with Gasteiger partial charge in [0, 0.05) is 3.57 Å². The van der Waals surface area contributed by atoms with Crippen molar-refractivity contribution in [3.05, 3.63) is 39.7 Å². The van der Waals surface area contributed by atoms with Gasteiger partial charge in [0.2, 0.25) is 5.88 Å². The molecule has 1 aromatic carbocycles. The second-order valence-corrected chi connectivity index (χ2v) is 5.21. The molecule has 0 aliphatic rings. The molecule has 0 bridgehead atoms. The van der Waals surface area contributed by atoms with Crippen molar-refractivity contribution in [2.45, 2.75) is 19.8 Å². The van der Waals surface area contributed by atoms with E-state index in [9.17, 15) is 0 Å². The normalized spacial score (nSPS) is 10.3. The van der Waals surface area contributed by atoms with E-state index in [1.165, 1.54) is 6.33 Å². The summed E-state index contributed by atoms with van der Waals surface area (Å²) in [5.74, 6) is 7.38. The van der Waals surface area contributed by atoms with Gasteiger partial charge in [0.1, 0.15) is 17.9 Å². The molecule has 0 atom stereocenters. The molecule has 0 saturated heterocycles. The predicted octanol–water partition coefficient (Wildman–Crippen LogP) is 3.11. The molecule has 3 N–H and O–H groups in total. The minimum absolute atomic E-state index is 0.548. The lowest BCUT2D eigenvalue weighted by Gasteiger charge is -2.12. The molecule has 5 nitrogen and oxygen atoms in total. The lowest BCUT2D eigenvalue weighted by molar-refractivity contribution is 0.454. The van der Waals surface area contributed by atoms with Crippen LogP contribution in [0.2, 0.25) is 0 Å². The number of halogens is 1. The Morgan fingerprint density at radius 3 is 2.89 bits per heavy atom. The van der Waals surface area contributed by atoms with Crippen LogP contribution in [0.4, 0.5) is 5.82 Å². The first kappa shape index (κ1) is 14.0.